The summed E-state index contributed by atoms with van der Waals surface area (Å²) in [4.78, 5) is 26.9. The Morgan fingerprint density at radius 2 is 2.03 bits per heavy atom. The highest BCUT2D eigenvalue weighted by Gasteiger charge is 2.31. The van der Waals surface area contributed by atoms with Gasteiger partial charge in [0, 0.05) is 13.0 Å². The highest BCUT2D eigenvalue weighted by molar-refractivity contribution is 8.26. The fraction of sp³-hybridized carbons (Fsp3) is 0.250. The SMILES string of the molecule is CC(=Cc1ccccc1)C=C1SC(=S)N(CCCC(=O)Nc2nnc(C)s2)C1=O. The van der Waals surface area contributed by atoms with Gasteiger partial charge in [0.15, 0.2) is 0 Å². The normalized spacial score (nSPS) is 16.0. The van der Waals surface area contributed by atoms with E-state index in [-0.39, 0.29) is 18.2 Å². The Hall–Kier alpha value is -2.36. The molecule has 0 saturated carbocycles. The summed E-state index contributed by atoms with van der Waals surface area (Å²) < 4.78 is 0.522. The van der Waals surface area contributed by atoms with E-state index >= 15 is 0 Å². The van der Waals surface area contributed by atoms with Crippen LogP contribution in [0.2, 0.25) is 0 Å². The average molecular weight is 445 g/mol. The number of thiocarbonyl (C=S) groups is 1. The molecule has 0 atom stereocenters. The maximum Gasteiger partial charge on any atom is 0.266 e. The summed E-state index contributed by atoms with van der Waals surface area (Å²) in [5.41, 5.74) is 2.05. The van der Waals surface area contributed by atoms with E-state index in [1.54, 1.807) is 4.90 Å². The lowest BCUT2D eigenvalue weighted by atomic mass is 10.1. The number of hydrogen-bond acceptors (Lipinski definition) is 7. The first kappa shape index (κ1) is 21.4. The number of amides is 2. The van der Waals surface area contributed by atoms with Gasteiger partial charge in [-0.25, -0.2) is 0 Å². The molecule has 1 aromatic carbocycles. The standard InChI is InChI=1S/C20H20N4O2S3/c1-13(11-15-7-4-3-5-8-15)12-16-18(26)24(20(27)29-16)10-6-9-17(25)21-19-23-22-14(2)28-19/h3-5,7-8,11-12H,6,9-10H2,1-2H3,(H,21,23,25). The lowest BCUT2D eigenvalue weighted by Gasteiger charge is -2.13. The molecule has 6 nitrogen and oxygen atoms in total. The van der Waals surface area contributed by atoms with E-state index in [2.05, 4.69) is 15.5 Å². The van der Waals surface area contributed by atoms with Crippen molar-refractivity contribution in [1.29, 1.82) is 0 Å². The number of hydrogen-bond donors (Lipinski definition) is 1. The molecule has 29 heavy (non-hydrogen) atoms. The van der Waals surface area contributed by atoms with Crippen LogP contribution in [0.15, 0.2) is 46.9 Å². The molecule has 3 rings (SSSR count). The van der Waals surface area contributed by atoms with Crippen LogP contribution in [0.5, 0.6) is 0 Å². The van der Waals surface area contributed by atoms with E-state index in [1.807, 2.05) is 56.3 Å². The Labute approximate surface area is 183 Å². The van der Waals surface area contributed by atoms with Gasteiger partial charge in [-0.2, -0.15) is 0 Å². The first-order valence-electron chi connectivity index (χ1n) is 9.01. The van der Waals surface area contributed by atoms with E-state index in [0.29, 0.717) is 27.3 Å². The minimum absolute atomic E-state index is 0.110. The molecule has 0 aliphatic carbocycles. The third kappa shape index (κ3) is 6.06. The quantitative estimate of drug-likeness (QED) is 0.504. The predicted molar refractivity (Wildman–Crippen MR) is 123 cm³/mol. The number of aromatic nitrogens is 2. The molecule has 0 radical (unpaired) electrons. The maximum absolute atomic E-state index is 12.7. The van der Waals surface area contributed by atoms with Crippen molar-refractivity contribution in [2.45, 2.75) is 26.7 Å². The Morgan fingerprint density at radius 3 is 2.72 bits per heavy atom. The maximum atomic E-state index is 12.7. The van der Waals surface area contributed by atoms with Crippen LogP contribution >= 0.6 is 35.3 Å². The van der Waals surface area contributed by atoms with Gasteiger partial charge in [0.25, 0.3) is 5.91 Å². The van der Waals surface area contributed by atoms with Crippen molar-refractivity contribution in [2.24, 2.45) is 0 Å². The zero-order valence-corrected chi connectivity index (χ0v) is 18.5. The molecule has 1 saturated heterocycles. The number of benzene rings is 1. The third-order valence-corrected chi connectivity index (χ3v) is 6.12. The van der Waals surface area contributed by atoms with Gasteiger partial charge in [0.05, 0.1) is 4.91 Å². The summed E-state index contributed by atoms with van der Waals surface area (Å²) in [5, 5.41) is 11.7. The Bertz CT molecular complexity index is 983. The summed E-state index contributed by atoms with van der Waals surface area (Å²) in [6.07, 6.45) is 4.67. The number of carbonyl (C=O) groups is 2. The van der Waals surface area contributed by atoms with Crippen LogP contribution in [0.1, 0.15) is 30.3 Å². The number of rotatable bonds is 7. The van der Waals surface area contributed by atoms with Crippen molar-refractivity contribution in [3.63, 3.8) is 0 Å². The second-order valence-corrected chi connectivity index (χ2v) is 9.27. The van der Waals surface area contributed by atoms with Gasteiger partial charge in [-0.05, 0) is 37.5 Å². The first-order chi connectivity index (χ1) is 13.9. The van der Waals surface area contributed by atoms with Gasteiger partial charge < -0.3 is 5.32 Å². The van der Waals surface area contributed by atoms with Crippen LogP contribution < -0.4 is 5.32 Å². The highest BCUT2D eigenvalue weighted by Crippen LogP contribution is 2.32. The molecule has 2 heterocycles. The van der Waals surface area contributed by atoms with Crippen LogP contribution in [-0.2, 0) is 9.59 Å². The zero-order chi connectivity index (χ0) is 20.8. The lowest BCUT2D eigenvalue weighted by Crippen LogP contribution is -2.29. The van der Waals surface area contributed by atoms with Crippen LogP contribution in [0.3, 0.4) is 0 Å². The number of nitrogens with zero attached hydrogens (tertiary/aromatic N) is 3. The van der Waals surface area contributed by atoms with Gasteiger partial charge in [0.1, 0.15) is 9.33 Å². The number of carbonyl (C=O) groups excluding carboxylic acids is 2. The summed E-state index contributed by atoms with van der Waals surface area (Å²) in [6, 6.07) is 9.93. The smallest absolute Gasteiger partial charge is 0.266 e. The van der Waals surface area contributed by atoms with Gasteiger partial charge in [0.2, 0.25) is 11.0 Å². The monoisotopic (exact) mass is 444 g/mol. The molecule has 0 bridgehead atoms. The van der Waals surface area contributed by atoms with Crippen LogP contribution in [0.25, 0.3) is 6.08 Å². The molecular weight excluding hydrogens is 424 g/mol. The zero-order valence-electron chi connectivity index (χ0n) is 16.0. The molecule has 150 valence electrons. The van der Waals surface area contributed by atoms with E-state index in [1.165, 1.54) is 23.1 Å². The van der Waals surface area contributed by atoms with Gasteiger partial charge >= 0.3 is 0 Å². The van der Waals surface area contributed by atoms with Crippen LogP contribution in [0, 0.1) is 6.92 Å². The lowest BCUT2D eigenvalue weighted by molar-refractivity contribution is -0.122. The minimum atomic E-state index is -0.149. The highest BCUT2D eigenvalue weighted by atomic mass is 32.2. The number of allylic oxidation sites excluding steroid dienone is 2. The van der Waals surface area contributed by atoms with E-state index in [9.17, 15) is 9.59 Å². The predicted octanol–water partition coefficient (Wildman–Crippen LogP) is 4.41. The van der Waals surface area contributed by atoms with E-state index < -0.39 is 0 Å². The largest absolute Gasteiger partial charge is 0.301 e. The second-order valence-electron chi connectivity index (χ2n) is 6.41. The summed E-state index contributed by atoms with van der Waals surface area (Å²) in [5.74, 6) is -0.260. The van der Waals surface area contributed by atoms with E-state index in [0.717, 1.165) is 16.1 Å². The van der Waals surface area contributed by atoms with Crippen molar-refractivity contribution in [3.05, 3.63) is 57.5 Å². The van der Waals surface area contributed by atoms with Crippen molar-refractivity contribution < 1.29 is 9.59 Å². The Balaban J connectivity index is 1.53. The molecule has 1 aliphatic rings. The topological polar surface area (TPSA) is 75.2 Å². The summed E-state index contributed by atoms with van der Waals surface area (Å²) in [6.45, 7) is 4.19. The molecule has 1 aliphatic heterocycles. The van der Waals surface area contributed by atoms with Crippen LogP contribution in [0.4, 0.5) is 5.13 Å². The minimum Gasteiger partial charge on any atom is -0.301 e. The molecule has 1 aromatic heterocycles. The van der Waals surface area contributed by atoms with Crippen molar-refractivity contribution in [1.82, 2.24) is 15.1 Å². The number of aryl methyl sites for hydroxylation is 1. The average Bonchev–Trinajstić information content (AvgIpc) is 3.19. The number of thioether (sulfide) groups is 1. The summed E-state index contributed by atoms with van der Waals surface area (Å²) >= 11 is 7.98. The van der Waals surface area contributed by atoms with Gasteiger partial charge in [-0.15, -0.1) is 10.2 Å². The molecular formula is C20H20N4O2S3. The van der Waals surface area contributed by atoms with Gasteiger partial charge in [-0.1, -0.05) is 71.7 Å². The van der Waals surface area contributed by atoms with Gasteiger partial charge in [-0.3, -0.25) is 14.5 Å². The van der Waals surface area contributed by atoms with E-state index in [4.69, 9.17) is 12.2 Å². The molecule has 0 spiro atoms. The fourth-order valence-corrected chi connectivity index (χ4v) is 4.65. The van der Waals surface area contributed by atoms with Crippen molar-refractivity contribution in [3.8, 4) is 0 Å². The second kappa shape index (κ2) is 9.91. The third-order valence-electron chi connectivity index (χ3n) is 3.98. The fourth-order valence-electron chi connectivity index (χ4n) is 2.68. The molecule has 1 N–H and O–H groups in total. The van der Waals surface area contributed by atoms with Crippen molar-refractivity contribution >= 4 is 62.7 Å². The molecule has 2 amide bonds. The molecule has 2 aromatic rings. The Kier molecular flexibility index (Phi) is 7.29. The number of anilines is 1. The van der Waals surface area contributed by atoms with Crippen molar-refractivity contribution in [2.75, 3.05) is 11.9 Å². The van der Waals surface area contributed by atoms with Crippen LogP contribution in [-0.4, -0.2) is 37.8 Å². The number of nitrogens with one attached hydrogen (secondary N) is 1. The first-order valence-corrected chi connectivity index (χ1v) is 11.0. The molecule has 9 heteroatoms. The Morgan fingerprint density at radius 1 is 1.28 bits per heavy atom. The summed E-state index contributed by atoms with van der Waals surface area (Å²) in [7, 11) is 0. The molecule has 1 fully saturated rings. The molecule has 0 unspecified atom stereocenters.